The number of aromatic nitrogens is 2. The molecule has 0 N–H and O–H groups in total. The van der Waals surface area contributed by atoms with Gasteiger partial charge in [0.15, 0.2) is 5.78 Å². The summed E-state index contributed by atoms with van der Waals surface area (Å²) in [5.41, 5.74) is 1.62. The first-order chi connectivity index (χ1) is 13.3. The quantitative estimate of drug-likeness (QED) is 0.324. The Balaban J connectivity index is 1.69. The number of nitrogens with zero attached hydrogens (tertiary/aromatic N) is 2. The Morgan fingerprint density at radius 2 is 1.89 bits per heavy atom. The van der Waals surface area contributed by atoms with Gasteiger partial charge in [-0.05, 0) is 48.0 Å². The molecule has 0 radical (unpaired) electrons. The zero-order valence-electron chi connectivity index (χ0n) is 14.3. The molecule has 144 valence electrons. The third kappa shape index (κ3) is 4.64. The van der Waals surface area contributed by atoms with Crippen LogP contribution in [0.4, 0.5) is 17.6 Å². The van der Waals surface area contributed by atoms with E-state index < -0.39 is 18.3 Å². The minimum Gasteiger partial charge on any atom is -0.428 e. The molecule has 1 aromatic heterocycles. The lowest BCUT2D eigenvalue weighted by Gasteiger charge is -2.16. The molecule has 0 spiro atoms. The van der Waals surface area contributed by atoms with Crippen LogP contribution in [0, 0.1) is 0 Å². The molecule has 0 unspecified atom stereocenters. The summed E-state index contributed by atoms with van der Waals surface area (Å²) in [7, 11) is 0. The van der Waals surface area contributed by atoms with Gasteiger partial charge < -0.3 is 9.30 Å². The second kappa shape index (κ2) is 8.08. The highest BCUT2D eigenvalue weighted by atomic mass is 19.3. The molecule has 0 aliphatic heterocycles. The van der Waals surface area contributed by atoms with Crippen molar-refractivity contribution in [2.45, 2.75) is 12.5 Å². The van der Waals surface area contributed by atoms with Gasteiger partial charge >= 0.3 is 12.5 Å². The lowest BCUT2D eigenvalue weighted by molar-refractivity contribution is -0.253. The minimum absolute atomic E-state index is 0.304. The summed E-state index contributed by atoms with van der Waals surface area (Å²) in [5, 5.41) is 0. The van der Waals surface area contributed by atoms with E-state index in [1.807, 2.05) is 0 Å². The fraction of sp³-hybridized carbons (Fsp3) is 0.100. The number of carbonyl (C=O) groups is 1. The van der Waals surface area contributed by atoms with E-state index in [2.05, 4.69) is 9.72 Å². The van der Waals surface area contributed by atoms with Crippen LogP contribution in [0.1, 0.15) is 15.9 Å². The van der Waals surface area contributed by atoms with E-state index in [0.717, 1.165) is 17.8 Å². The van der Waals surface area contributed by atoms with Crippen molar-refractivity contribution >= 4 is 11.9 Å². The maximum absolute atomic E-state index is 13.0. The highest BCUT2D eigenvalue weighted by molar-refractivity contribution is 6.06. The molecule has 0 saturated carbocycles. The average Bonchev–Trinajstić information content (AvgIpc) is 3.21. The number of imidazole rings is 1. The monoisotopic (exact) mass is 390 g/mol. The first-order valence-corrected chi connectivity index (χ1v) is 8.11. The molecule has 2 aromatic carbocycles. The van der Waals surface area contributed by atoms with E-state index in [0.29, 0.717) is 11.1 Å². The van der Waals surface area contributed by atoms with E-state index in [-0.39, 0.29) is 5.78 Å². The van der Waals surface area contributed by atoms with Gasteiger partial charge in [0, 0.05) is 23.6 Å². The third-order valence-electron chi connectivity index (χ3n) is 3.75. The summed E-state index contributed by atoms with van der Waals surface area (Å²) in [6.45, 7) is 0. The predicted molar refractivity (Wildman–Crippen MR) is 94.9 cm³/mol. The summed E-state index contributed by atoms with van der Waals surface area (Å²) in [4.78, 5) is 16.2. The van der Waals surface area contributed by atoms with E-state index in [4.69, 9.17) is 0 Å². The number of ketones is 1. The van der Waals surface area contributed by atoms with Crippen molar-refractivity contribution in [2.24, 2.45) is 0 Å². The number of halogens is 4. The smallest absolute Gasteiger partial charge is 0.428 e. The highest BCUT2D eigenvalue weighted by Crippen LogP contribution is 2.28. The molecule has 0 saturated heterocycles. The molecule has 0 aliphatic rings. The summed E-state index contributed by atoms with van der Waals surface area (Å²) in [5.74, 6) is -0.731. The maximum Gasteiger partial charge on any atom is 0.461 e. The van der Waals surface area contributed by atoms with Crippen molar-refractivity contribution in [1.82, 2.24) is 9.55 Å². The van der Waals surface area contributed by atoms with Gasteiger partial charge in [-0.1, -0.05) is 18.2 Å². The molecular formula is C20H14F4N2O2. The molecule has 8 heteroatoms. The second-order valence-electron chi connectivity index (χ2n) is 5.75. The minimum atomic E-state index is -4.59. The van der Waals surface area contributed by atoms with E-state index in [1.165, 1.54) is 24.3 Å². The number of alkyl halides is 4. The largest absolute Gasteiger partial charge is 0.461 e. The van der Waals surface area contributed by atoms with Crippen molar-refractivity contribution in [3.05, 3.63) is 84.5 Å². The molecular weight excluding hydrogens is 376 g/mol. The predicted octanol–water partition coefficient (Wildman–Crippen LogP) is 5.01. The van der Waals surface area contributed by atoms with Crippen LogP contribution in [0.25, 0.3) is 11.8 Å². The van der Waals surface area contributed by atoms with Crippen LogP contribution in [0.5, 0.6) is 5.75 Å². The van der Waals surface area contributed by atoms with Gasteiger partial charge in [-0.2, -0.15) is 17.6 Å². The SMILES string of the molecule is O=C(/C=C/c1cccc(OC(F)(F)C(F)F)c1)c1ccc(-n2ccnc2)cc1. The van der Waals surface area contributed by atoms with E-state index in [9.17, 15) is 22.4 Å². The first-order valence-electron chi connectivity index (χ1n) is 8.11. The average molecular weight is 390 g/mol. The molecule has 3 rings (SSSR count). The Bertz CT molecular complexity index is 968. The number of hydrogen-bond acceptors (Lipinski definition) is 3. The van der Waals surface area contributed by atoms with Crippen molar-refractivity contribution in [3.8, 4) is 11.4 Å². The van der Waals surface area contributed by atoms with Crippen LogP contribution in [-0.4, -0.2) is 27.9 Å². The number of carbonyl (C=O) groups excluding carboxylic acids is 1. The Morgan fingerprint density at radius 3 is 2.54 bits per heavy atom. The van der Waals surface area contributed by atoms with Gasteiger partial charge in [-0.25, -0.2) is 4.98 Å². The molecule has 0 atom stereocenters. The van der Waals surface area contributed by atoms with Gasteiger partial charge in [0.1, 0.15) is 5.75 Å². The van der Waals surface area contributed by atoms with Gasteiger partial charge in [-0.15, -0.1) is 0 Å². The number of ether oxygens (including phenoxy) is 1. The molecule has 1 heterocycles. The van der Waals surface area contributed by atoms with Gasteiger partial charge in [0.25, 0.3) is 0 Å². The van der Waals surface area contributed by atoms with Gasteiger partial charge in [0.2, 0.25) is 0 Å². The van der Waals surface area contributed by atoms with Gasteiger partial charge in [0.05, 0.1) is 6.33 Å². The van der Waals surface area contributed by atoms with Crippen LogP contribution in [0.2, 0.25) is 0 Å². The normalized spacial score (nSPS) is 11.9. The maximum atomic E-state index is 13.0. The summed E-state index contributed by atoms with van der Waals surface area (Å²) < 4.78 is 56.2. The highest BCUT2D eigenvalue weighted by Gasteiger charge is 2.43. The van der Waals surface area contributed by atoms with E-state index >= 15 is 0 Å². The second-order valence-corrected chi connectivity index (χ2v) is 5.75. The van der Waals surface area contributed by atoms with Crippen LogP contribution in [-0.2, 0) is 0 Å². The summed E-state index contributed by atoms with van der Waals surface area (Å²) in [6, 6.07) is 12.0. The molecule has 4 nitrogen and oxygen atoms in total. The standard InChI is InChI=1S/C20H14F4N2O2/c21-19(22)20(23,24)28-17-3-1-2-14(12-17)4-9-18(27)15-5-7-16(8-6-15)26-11-10-25-13-26/h1-13,19H/b9-4+. The zero-order valence-corrected chi connectivity index (χ0v) is 14.3. The number of rotatable bonds is 7. The number of benzene rings is 2. The molecule has 3 aromatic rings. The van der Waals surface area contributed by atoms with Crippen LogP contribution >= 0.6 is 0 Å². The summed E-state index contributed by atoms with van der Waals surface area (Å²) >= 11 is 0. The van der Waals surface area contributed by atoms with Crippen molar-refractivity contribution in [2.75, 3.05) is 0 Å². The van der Waals surface area contributed by atoms with Crippen LogP contribution in [0.3, 0.4) is 0 Å². The summed E-state index contributed by atoms with van der Waals surface area (Å²) in [6.07, 6.45) is -0.854. The van der Waals surface area contributed by atoms with Crippen molar-refractivity contribution in [1.29, 1.82) is 0 Å². The van der Waals surface area contributed by atoms with E-state index in [1.54, 1.807) is 47.6 Å². The van der Waals surface area contributed by atoms with Crippen molar-refractivity contribution < 1.29 is 27.1 Å². The fourth-order valence-corrected chi connectivity index (χ4v) is 2.36. The van der Waals surface area contributed by atoms with Crippen LogP contribution < -0.4 is 4.74 Å². The molecule has 0 amide bonds. The Kier molecular flexibility index (Phi) is 5.58. The Morgan fingerprint density at radius 1 is 1.14 bits per heavy atom. The topological polar surface area (TPSA) is 44.1 Å². The zero-order chi connectivity index (χ0) is 20.1. The molecule has 28 heavy (non-hydrogen) atoms. The fourth-order valence-electron chi connectivity index (χ4n) is 2.36. The van der Waals surface area contributed by atoms with Gasteiger partial charge in [-0.3, -0.25) is 4.79 Å². The number of allylic oxidation sites excluding steroid dienone is 1. The first kappa shape index (κ1) is 19.3. The van der Waals surface area contributed by atoms with Crippen LogP contribution in [0.15, 0.2) is 73.3 Å². The number of hydrogen-bond donors (Lipinski definition) is 0. The third-order valence-corrected chi connectivity index (χ3v) is 3.75. The Hall–Kier alpha value is -3.42. The Labute approximate surface area is 157 Å². The van der Waals surface area contributed by atoms with Crippen molar-refractivity contribution in [3.63, 3.8) is 0 Å². The lowest BCUT2D eigenvalue weighted by Crippen LogP contribution is -2.33. The lowest BCUT2D eigenvalue weighted by atomic mass is 10.1. The molecule has 0 fully saturated rings. The molecule has 0 aliphatic carbocycles. The molecule has 0 bridgehead atoms.